The molecule has 0 aliphatic carbocycles. The average Bonchev–Trinajstić information content (AvgIpc) is 2.37. The van der Waals surface area contributed by atoms with Crippen LogP contribution in [0.15, 0.2) is 47.4 Å². The molecule has 2 rings (SSSR count). The number of benzene rings is 2. The zero-order valence-electron chi connectivity index (χ0n) is 10.2. The van der Waals surface area contributed by atoms with E-state index in [0.29, 0.717) is 11.4 Å². The molecule has 0 saturated heterocycles. The summed E-state index contributed by atoms with van der Waals surface area (Å²) in [4.78, 5) is -0.0967. The van der Waals surface area contributed by atoms with Crippen LogP contribution in [-0.2, 0) is 10.0 Å². The Hall–Kier alpha value is -2.23. The highest BCUT2D eigenvalue weighted by Gasteiger charge is 2.18. The number of nitrogens with two attached hydrogens (primary N) is 1. The number of rotatable bonds is 3. The number of nitrogen functional groups attached to an aromatic ring is 1. The van der Waals surface area contributed by atoms with Gasteiger partial charge in [-0.1, -0.05) is 17.7 Å². The van der Waals surface area contributed by atoms with Gasteiger partial charge in [0.25, 0.3) is 10.0 Å². The fraction of sp³-hybridized carbons (Fsp3) is 0. The third-order valence-electron chi connectivity index (χ3n) is 2.49. The summed E-state index contributed by atoms with van der Waals surface area (Å²) in [6.45, 7) is 0. The summed E-state index contributed by atoms with van der Waals surface area (Å²) in [6, 6.07) is 12.2. The molecule has 102 valence electrons. The van der Waals surface area contributed by atoms with Gasteiger partial charge >= 0.3 is 0 Å². The summed E-state index contributed by atoms with van der Waals surface area (Å²) in [5.41, 5.74) is 6.66. The monoisotopic (exact) mass is 307 g/mol. The minimum absolute atomic E-state index is 0.0135. The van der Waals surface area contributed by atoms with Crippen LogP contribution < -0.4 is 10.5 Å². The van der Waals surface area contributed by atoms with Crippen molar-refractivity contribution < 1.29 is 8.42 Å². The number of nitriles is 1. The Balaban J connectivity index is 2.39. The Morgan fingerprint density at radius 3 is 2.55 bits per heavy atom. The molecule has 0 amide bonds. The molecule has 0 radical (unpaired) electrons. The number of hydrogen-bond donors (Lipinski definition) is 2. The highest BCUT2D eigenvalue weighted by molar-refractivity contribution is 7.92. The number of nitrogens with one attached hydrogen (secondary N) is 1. The molecule has 5 nitrogen and oxygen atoms in total. The average molecular weight is 308 g/mol. The van der Waals surface area contributed by atoms with Gasteiger partial charge in [0.05, 0.1) is 22.3 Å². The van der Waals surface area contributed by atoms with Crippen LogP contribution in [0.2, 0.25) is 5.02 Å². The van der Waals surface area contributed by atoms with Crippen LogP contribution in [0.3, 0.4) is 0 Å². The van der Waals surface area contributed by atoms with Crippen LogP contribution in [0.4, 0.5) is 11.4 Å². The molecule has 0 bridgehead atoms. The number of anilines is 2. The van der Waals surface area contributed by atoms with Gasteiger partial charge in [0, 0.05) is 5.69 Å². The molecule has 0 heterocycles. The fourth-order valence-corrected chi connectivity index (χ4v) is 3.20. The largest absolute Gasteiger partial charge is 0.399 e. The van der Waals surface area contributed by atoms with Crippen LogP contribution in [0, 0.1) is 11.3 Å². The van der Waals surface area contributed by atoms with Crippen molar-refractivity contribution in [2.45, 2.75) is 4.90 Å². The quantitative estimate of drug-likeness (QED) is 0.852. The maximum Gasteiger partial charge on any atom is 0.263 e. The van der Waals surface area contributed by atoms with Crippen molar-refractivity contribution in [2.24, 2.45) is 0 Å². The summed E-state index contributed by atoms with van der Waals surface area (Å²) in [5, 5.41) is 8.72. The molecule has 20 heavy (non-hydrogen) atoms. The second-order valence-corrected chi connectivity index (χ2v) is 6.05. The summed E-state index contributed by atoms with van der Waals surface area (Å²) < 4.78 is 26.8. The van der Waals surface area contributed by atoms with Gasteiger partial charge < -0.3 is 5.73 Å². The second kappa shape index (κ2) is 5.41. The normalized spacial score (nSPS) is 10.8. The van der Waals surface area contributed by atoms with E-state index in [9.17, 15) is 8.42 Å². The second-order valence-electron chi connectivity index (χ2n) is 3.99. The van der Waals surface area contributed by atoms with Crippen molar-refractivity contribution >= 4 is 33.0 Å². The molecule has 0 saturated carbocycles. The van der Waals surface area contributed by atoms with E-state index in [1.165, 1.54) is 24.3 Å². The summed E-state index contributed by atoms with van der Waals surface area (Å²) in [5.74, 6) is 0. The van der Waals surface area contributed by atoms with E-state index in [-0.39, 0.29) is 15.5 Å². The van der Waals surface area contributed by atoms with Crippen molar-refractivity contribution in [3.05, 3.63) is 53.1 Å². The van der Waals surface area contributed by atoms with Gasteiger partial charge in [-0.25, -0.2) is 8.42 Å². The molecule has 2 aromatic rings. The summed E-state index contributed by atoms with van der Waals surface area (Å²) in [6.07, 6.45) is 0. The molecule has 0 aliphatic rings. The van der Waals surface area contributed by atoms with Crippen molar-refractivity contribution in [3.8, 4) is 6.07 Å². The zero-order chi connectivity index (χ0) is 14.8. The lowest BCUT2D eigenvalue weighted by atomic mass is 10.2. The van der Waals surface area contributed by atoms with Crippen LogP contribution in [0.25, 0.3) is 0 Å². The van der Waals surface area contributed by atoms with Gasteiger partial charge in [0.2, 0.25) is 0 Å². The first kappa shape index (κ1) is 14.2. The van der Waals surface area contributed by atoms with Gasteiger partial charge in [-0.05, 0) is 36.4 Å². The Morgan fingerprint density at radius 1 is 1.20 bits per heavy atom. The minimum Gasteiger partial charge on any atom is -0.399 e. The van der Waals surface area contributed by atoms with Crippen LogP contribution in [0.5, 0.6) is 0 Å². The molecule has 7 heteroatoms. The molecule has 0 unspecified atom stereocenters. The van der Waals surface area contributed by atoms with Gasteiger partial charge in [-0.3, -0.25) is 4.72 Å². The highest BCUT2D eigenvalue weighted by Crippen LogP contribution is 2.25. The molecule has 3 N–H and O–H groups in total. The van der Waals surface area contributed by atoms with E-state index >= 15 is 0 Å². The van der Waals surface area contributed by atoms with Crippen molar-refractivity contribution in [1.29, 1.82) is 5.26 Å². The molecular weight excluding hydrogens is 298 g/mol. The topological polar surface area (TPSA) is 96.0 Å². The number of hydrogen-bond acceptors (Lipinski definition) is 4. The smallest absolute Gasteiger partial charge is 0.263 e. The summed E-state index contributed by atoms with van der Waals surface area (Å²) >= 11 is 5.90. The predicted molar refractivity (Wildman–Crippen MR) is 77.8 cm³/mol. The first-order valence-corrected chi connectivity index (χ1v) is 7.36. The van der Waals surface area contributed by atoms with Crippen LogP contribution in [0.1, 0.15) is 5.56 Å². The highest BCUT2D eigenvalue weighted by atomic mass is 35.5. The first-order valence-electron chi connectivity index (χ1n) is 5.50. The lowest BCUT2D eigenvalue weighted by molar-refractivity contribution is 0.601. The predicted octanol–water partition coefficient (Wildman–Crippen LogP) is 2.59. The van der Waals surface area contributed by atoms with Gasteiger partial charge in [-0.2, -0.15) is 5.26 Å². The van der Waals surface area contributed by atoms with Crippen LogP contribution in [-0.4, -0.2) is 8.42 Å². The van der Waals surface area contributed by atoms with E-state index in [1.54, 1.807) is 18.2 Å². The number of sulfonamides is 1. The molecule has 0 atom stereocenters. The molecule has 0 aromatic heterocycles. The summed E-state index contributed by atoms with van der Waals surface area (Å²) in [7, 11) is -3.83. The third-order valence-corrected chi connectivity index (χ3v) is 4.35. The van der Waals surface area contributed by atoms with E-state index in [4.69, 9.17) is 22.6 Å². The maximum atomic E-state index is 12.2. The van der Waals surface area contributed by atoms with E-state index in [1.807, 2.05) is 6.07 Å². The Labute approximate surface area is 121 Å². The van der Waals surface area contributed by atoms with Crippen LogP contribution >= 0.6 is 11.6 Å². The maximum absolute atomic E-state index is 12.2. The molecule has 0 aliphatic heterocycles. The molecule has 0 spiro atoms. The van der Waals surface area contributed by atoms with Crippen molar-refractivity contribution in [2.75, 3.05) is 10.5 Å². The first-order chi connectivity index (χ1) is 9.42. The minimum atomic E-state index is -3.83. The van der Waals surface area contributed by atoms with Gasteiger partial charge in [-0.15, -0.1) is 0 Å². The fourth-order valence-electron chi connectivity index (χ4n) is 1.60. The SMILES string of the molecule is N#Cc1ccc(S(=O)(=O)Nc2cccc(N)c2)c(Cl)c1. The molecule has 2 aromatic carbocycles. The van der Waals surface area contributed by atoms with Crippen molar-refractivity contribution in [3.63, 3.8) is 0 Å². The molecule has 0 fully saturated rings. The van der Waals surface area contributed by atoms with Gasteiger partial charge in [0.15, 0.2) is 0 Å². The van der Waals surface area contributed by atoms with Crippen molar-refractivity contribution in [1.82, 2.24) is 0 Å². The standard InChI is InChI=1S/C13H10ClN3O2S/c14-12-6-9(8-15)4-5-13(12)20(18,19)17-11-3-1-2-10(16)7-11/h1-7,17H,16H2. The van der Waals surface area contributed by atoms with E-state index in [0.717, 1.165) is 0 Å². The lowest BCUT2D eigenvalue weighted by Crippen LogP contribution is -2.13. The Morgan fingerprint density at radius 2 is 1.95 bits per heavy atom. The third kappa shape index (κ3) is 3.02. The Bertz CT molecular complexity index is 798. The van der Waals surface area contributed by atoms with E-state index in [2.05, 4.69) is 4.72 Å². The lowest BCUT2D eigenvalue weighted by Gasteiger charge is -2.10. The number of nitrogens with zero attached hydrogens (tertiary/aromatic N) is 1. The molecular formula is C13H10ClN3O2S. The van der Waals surface area contributed by atoms with E-state index < -0.39 is 10.0 Å². The number of halogens is 1. The Kier molecular flexibility index (Phi) is 3.84. The van der Waals surface area contributed by atoms with Gasteiger partial charge in [0.1, 0.15) is 4.90 Å². The zero-order valence-corrected chi connectivity index (χ0v) is 11.7.